The van der Waals surface area contributed by atoms with Gasteiger partial charge in [0.1, 0.15) is 0 Å². The number of hydrogen-bond donors (Lipinski definition) is 0. The van der Waals surface area contributed by atoms with Crippen molar-refractivity contribution >= 4 is 38.9 Å². The van der Waals surface area contributed by atoms with Gasteiger partial charge in [-0.2, -0.15) is 0 Å². The van der Waals surface area contributed by atoms with Crippen molar-refractivity contribution < 1.29 is 0 Å². The zero-order valence-electron chi connectivity index (χ0n) is 34.5. The highest BCUT2D eigenvalue weighted by molar-refractivity contribution is 6.13. The van der Waals surface area contributed by atoms with E-state index in [1.54, 1.807) is 0 Å². The quantitative estimate of drug-likeness (QED) is 0.163. The van der Waals surface area contributed by atoms with E-state index in [2.05, 4.69) is 252 Å². The maximum Gasteiger partial charge on any atom is 0.0725 e. The van der Waals surface area contributed by atoms with Crippen LogP contribution in [-0.4, -0.2) is 4.57 Å². The van der Waals surface area contributed by atoms with Crippen molar-refractivity contribution in [3.05, 3.63) is 265 Å². The summed E-state index contributed by atoms with van der Waals surface area (Å²) in [5, 5.41) is 2.45. The first-order chi connectivity index (χ1) is 31.3. The van der Waals surface area contributed by atoms with Crippen LogP contribution in [0.25, 0.3) is 72.0 Å². The molecule has 0 bridgehead atoms. The van der Waals surface area contributed by atoms with Crippen molar-refractivity contribution in [1.82, 2.24) is 4.57 Å². The Bertz CT molecular complexity index is 3400. The van der Waals surface area contributed by atoms with Gasteiger partial charge in [-0.3, -0.25) is 0 Å². The average Bonchev–Trinajstić information content (AvgIpc) is 3.96. The van der Waals surface area contributed by atoms with Crippen LogP contribution in [0.2, 0.25) is 0 Å². The molecule has 2 heteroatoms. The minimum Gasteiger partial charge on any atom is -0.310 e. The lowest BCUT2D eigenvalue weighted by Crippen LogP contribution is -2.25. The van der Waals surface area contributed by atoms with Crippen molar-refractivity contribution in [2.45, 2.75) is 5.41 Å². The van der Waals surface area contributed by atoms with E-state index in [1.807, 2.05) is 0 Å². The molecule has 1 spiro atoms. The molecule has 0 saturated heterocycles. The SMILES string of the molecule is c1ccc(-c2ccc(N(c3ccc(-c4ccccc4)cc3)c3ccc4c(c3)c3cc5c(cc3n4-c3ccccc3)-c3ccccc3C53c4ccccc4-c4ccccc43)cc2)cc1. The van der Waals surface area contributed by atoms with Crippen LogP contribution in [0.4, 0.5) is 17.1 Å². The van der Waals surface area contributed by atoms with Gasteiger partial charge < -0.3 is 9.47 Å². The predicted octanol–water partition coefficient (Wildman–Crippen LogP) is 15.9. The second-order valence-corrected chi connectivity index (χ2v) is 16.8. The molecular formula is C61H40N2. The van der Waals surface area contributed by atoms with E-state index < -0.39 is 5.41 Å². The van der Waals surface area contributed by atoms with Crippen LogP contribution in [0.5, 0.6) is 0 Å². The van der Waals surface area contributed by atoms with Crippen LogP contribution in [0.15, 0.2) is 243 Å². The summed E-state index contributed by atoms with van der Waals surface area (Å²) in [5.74, 6) is 0. The smallest absolute Gasteiger partial charge is 0.0725 e. The average molecular weight is 801 g/mol. The van der Waals surface area contributed by atoms with E-state index in [0.717, 1.165) is 22.7 Å². The number of nitrogens with zero attached hydrogens (tertiary/aromatic N) is 2. The Kier molecular flexibility index (Phi) is 7.85. The summed E-state index contributed by atoms with van der Waals surface area (Å²) in [5.41, 5.74) is 21.8. The lowest BCUT2D eigenvalue weighted by molar-refractivity contribution is 0.795. The van der Waals surface area contributed by atoms with Crippen LogP contribution in [-0.2, 0) is 5.41 Å². The van der Waals surface area contributed by atoms with Crippen molar-refractivity contribution in [1.29, 1.82) is 0 Å². The van der Waals surface area contributed by atoms with E-state index in [4.69, 9.17) is 0 Å². The van der Waals surface area contributed by atoms with E-state index in [-0.39, 0.29) is 0 Å². The molecule has 13 rings (SSSR count). The summed E-state index contributed by atoms with van der Waals surface area (Å²) < 4.78 is 2.46. The first-order valence-corrected chi connectivity index (χ1v) is 21.8. The lowest BCUT2D eigenvalue weighted by Gasteiger charge is -2.30. The van der Waals surface area contributed by atoms with Crippen molar-refractivity contribution in [3.8, 4) is 50.2 Å². The fourth-order valence-electron chi connectivity index (χ4n) is 10.9. The number of anilines is 3. The monoisotopic (exact) mass is 800 g/mol. The van der Waals surface area contributed by atoms with E-state index in [1.165, 1.54) is 88.6 Å². The molecule has 0 fully saturated rings. The third kappa shape index (κ3) is 5.25. The molecule has 0 N–H and O–H groups in total. The molecule has 0 aliphatic heterocycles. The number of para-hydroxylation sites is 1. The first kappa shape index (κ1) is 35.5. The fraction of sp³-hybridized carbons (Fsp3) is 0.0164. The molecule has 0 amide bonds. The van der Waals surface area contributed by atoms with Crippen LogP contribution < -0.4 is 4.90 Å². The van der Waals surface area contributed by atoms with Gasteiger partial charge in [0.05, 0.1) is 16.4 Å². The Balaban J connectivity index is 1.07. The van der Waals surface area contributed by atoms with Gasteiger partial charge in [0.15, 0.2) is 0 Å². The van der Waals surface area contributed by atoms with E-state index in [9.17, 15) is 0 Å². The van der Waals surface area contributed by atoms with Crippen molar-refractivity contribution in [3.63, 3.8) is 0 Å². The molecule has 0 atom stereocenters. The summed E-state index contributed by atoms with van der Waals surface area (Å²) in [4.78, 5) is 2.41. The Morgan fingerprint density at radius 2 is 0.698 bits per heavy atom. The molecule has 2 aliphatic rings. The van der Waals surface area contributed by atoms with E-state index >= 15 is 0 Å². The highest BCUT2D eigenvalue weighted by atomic mass is 15.1. The number of aromatic nitrogens is 1. The van der Waals surface area contributed by atoms with Gasteiger partial charge in [0.2, 0.25) is 0 Å². The Hall–Kier alpha value is -8.20. The molecule has 63 heavy (non-hydrogen) atoms. The highest BCUT2D eigenvalue weighted by Crippen LogP contribution is 2.63. The van der Waals surface area contributed by atoms with Crippen LogP contribution in [0, 0.1) is 0 Å². The largest absolute Gasteiger partial charge is 0.310 e. The second-order valence-electron chi connectivity index (χ2n) is 16.8. The molecule has 0 radical (unpaired) electrons. The van der Waals surface area contributed by atoms with Gasteiger partial charge in [-0.25, -0.2) is 0 Å². The summed E-state index contributed by atoms with van der Waals surface area (Å²) in [6.07, 6.45) is 0. The maximum atomic E-state index is 2.54. The summed E-state index contributed by atoms with van der Waals surface area (Å²) in [6.45, 7) is 0. The lowest BCUT2D eigenvalue weighted by atomic mass is 9.70. The molecule has 0 saturated carbocycles. The van der Waals surface area contributed by atoms with Crippen LogP contribution in [0.3, 0.4) is 0 Å². The molecule has 0 unspecified atom stereocenters. The normalized spacial score (nSPS) is 12.9. The number of hydrogen-bond acceptors (Lipinski definition) is 1. The highest BCUT2D eigenvalue weighted by Gasteiger charge is 2.51. The fourth-order valence-corrected chi connectivity index (χ4v) is 10.9. The third-order valence-electron chi connectivity index (χ3n) is 13.6. The molecular weight excluding hydrogens is 761 g/mol. The molecule has 10 aromatic carbocycles. The zero-order valence-corrected chi connectivity index (χ0v) is 34.5. The van der Waals surface area contributed by atoms with Crippen molar-refractivity contribution in [2.24, 2.45) is 0 Å². The number of fused-ring (bicyclic) bond motifs is 13. The minimum atomic E-state index is -0.431. The summed E-state index contributed by atoms with van der Waals surface area (Å²) >= 11 is 0. The van der Waals surface area contributed by atoms with Gasteiger partial charge in [-0.15, -0.1) is 0 Å². The topological polar surface area (TPSA) is 8.17 Å². The Labute approximate surface area is 367 Å². The number of rotatable bonds is 6. The molecule has 2 nitrogen and oxygen atoms in total. The number of benzene rings is 10. The van der Waals surface area contributed by atoms with Gasteiger partial charge >= 0.3 is 0 Å². The van der Waals surface area contributed by atoms with Gasteiger partial charge in [-0.1, -0.05) is 176 Å². The second kappa shape index (κ2) is 13.9. The van der Waals surface area contributed by atoms with Gasteiger partial charge in [0.25, 0.3) is 0 Å². The third-order valence-corrected chi connectivity index (χ3v) is 13.6. The summed E-state index contributed by atoms with van der Waals surface area (Å²) in [7, 11) is 0. The van der Waals surface area contributed by atoms with Crippen LogP contribution in [0.1, 0.15) is 22.3 Å². The molecule has 1 heterocycles. The standard InChI is InChI=1S/C61H40N2/c1-4-16-41(17-5-1)43-28-32-46(33-29-43)62(47-34-30-44(31-35-47)42-18-6-2-7-19-42)48-36-37-59-53(38-48)54-39-58-52(40-60(54)63(59)45-20-8-3-9-21-45)51-24-12-15-27-57(51)61(58)55-25-13-10-22-49(55)50-23-11-14-26-56(50)61/h1-40H. The Morgan fingerprint density at radius 1 is 0.286 bits per heavy atom. The van der Waals surface area contributed by atoms with Crippen LogP contribution >= 0.6 is 0 Å². The zero-order chi connectivity index (χ0) is 41.5. The summed E-state index contributed by atoms with van der Waals surface area (Å²) in [6, 6.07) is 89.4. The van der Waals surface area contributed by atoms with Crippen molar-refractivity contribution in [2.75, 3.05) is 4.90 Å². The van der Waals surface area contributed by atoms with E-state index in [0.29, 0.717) is 0 Å². The van der Waals surface area contributed by atoms with Gasteiger partial charge in [0, 0.05) is 33.5 Å². The maximum absolute atomic E-state index is 2.54. The molecule has 2 aliphatic carbocycles. The minimum absolute atomic E-state index is 0.431. The first-order valence-electron chi connectivity index (χ1n) is 21.8. The molecule has 1 aromatic heterocycles. The molecule has 11 aromatic rings. The van der Waals surface area contributed by atoms with Gasteiger partial charge in [-0.05, 0) is 133 Å². The predicted molar refractivity (Wildman–Crippen MR) is 263 cm³/mol. The molecule has 294 valence electrons. The Morgan fingerprint density at radius 3 is 1.22 bits per heavy atom.